The highest BCUT2D eigenvalue weighted by Gasteiger charge is 2.64. The Bertz CT molecular complexity index is 179. The summed E-state index contributed by atoms with van der Waals surface area (Å²) in [5.74, 6) is 0. The number of unbranched alkanes of at least 4 members (excludes halogenated alkanes) is 4. The third-order valence-corrected chi connectivity index (χ3v) is 3.95. The molecule has 90 valence electrons. The number of epoxide rings is 1. The van der Waals surface area contributed by atoms with Crippen LogP contribution in [-0.4, -0.2) is 10.7 Å². The van der Waals surface area contributed by atoms with Crippen molar-refractivity contribution in [2.45, 2.75) is 82.8 Å². The first-order chi connectivity index (χ1) is 7.08. The molecule has 1 aliphatic heterocycles. The second-order valence-electron chi connectivity index (χ2n) is 4.93. The molecule has 15 heavy (non-hydrogen) atoms. The molecule has 0 aliphatic carbocycles. The van der Waals surface area contributed by atoms with E-state index in [1.807, 2.05) is 6.92 Å². The molecule has 1 aliphatic rings. The van der Waals surface area contributed by atoms with Crippen LogP contribution in [0.2, 0.25) is 0 Å². The zero-order chi connectivity index (χ0) is 11.4. The van der Waals surface area contributed by atoms with Crippen molar-refractivity contribution in [3.63, 3.8) is 0 Å². The minimum absolute atomic E-state index is 0.0128. The van der Waals surface area contributed by atoms with Crippen molar-refractivity contribution >= 4 is 11.6 Å². The van der Waals surface area contributed by atoms with Gasteiger partial charge in [-0.15, -0.1) is 0 Å². The highest BCUT2D eigenvalue weighted by Crippen LogP contribution is 2.57. The summed E-state index contributed by atoms with van der Waals surface area (Å²) in [4.78, 5) is 0. The van der Waals surface area contributed by atoms with E-state index >= 15 is 0 Å². The van der Waals surface area contributed by atoms with Crippen molar-refractivity contribution in [3.05, 3.63) is 0 Å². The fraction of sp³-hybridized carbons (Fsp3) is 1.00. The lowest BCUT2D eigenvalue weighted by Crippen LogP contribution is -2.19. The Morgan fingerprint density at radius 2 is 1.33 bits per heavy atom. The third-order valence-electron chi connectivity index (χ3n) is 3.53. The van der Waals surface area contributed by atoms with Crippen LogP contribution >= 0.6 is 11.6 Å². The molecule has 0 saturated carbocycles. The van der Waals surface area contributed by atoms with E-state index < -0.39 is 0 Å². The van der Waals surface area contributed by atoms with E-state index in [-0.39, 0.29) is 10.7 Å². The number of ether oxygens (including phenoxy) is 1. The number of alkyl halides is 1. The topological polar surface area (TPSA) is 12.5 Å². The summed E-state index contributed by atoms with van der Waals surface area (Å²) < 4.78 is 5.75. The van der Waals surface area contributed by atoms with Crippen molar-refractivity contribution in [1.29, 1.82) is 0 Å². The first-order valence-corrected chi connectivity index (χ1v) is 6.85. The van der Waals surface area contributed by atoms with Gasteiger partial charge >= 0.3 is 0 Å². The molecule has 1 heterocycles. The number of rotatable bonds is 8. The van der Waals surface area contributed by atoms with Gasteiger partial charge in [-0.1, -0.05) is 64.0 Å². The predicted octanol–water partition coefficient (Wildman–Crippen LogP) is 4.87. The van der Waals surface area contributed by atoms with E-state index in [1.54, 1.807) is 0 Å². The van der Waals surface area contributed by atoms with Crippen molar-refractivity contribution in [1.82, 2.24) is 0 Å². The van der Waals surface area contributed by atoms with Crippen molar-refractivity contribution in [2.24, 2.45) is 0 Å². The van der Waals surface area contributed by atoms with Gasteiger partial charge in [0.15, 0.2) is 5.06 Å². The molecule has 1 saturated heterocycles. The molecule has 0 bridgehead atoms. The van der Waals surface area contributed by atoms with Gasteiger partial charge in [0.25, 0.3) is 0 Å². The molecule has 1 rings (SSSR count). The SMILES string of the molecule is CCCCCC1(CCCCC)OC1(C)Cl. The van der Waals surface area contributed by atoms with Crippen LogP contribution in [0.5, 0.6) is 0 Å². The van der Waals surface area contributed by atoms with Crippen LogP contribution < -0.4 is 0 Å². The molecular weight excluding hydrogens is 208 g/mol. The Hall–Kier alpha value is 0.250. The van der Waals surface area contributed by atoms with Gasteiger partial charge in [-0.05, 0) is 19.8 Å². The van der Waals surface area contributed by atoms with Gasteiger partial charge in [-0.25, -0.2) is 0 Å². The highest BCUT2D eigenvalue weighted by atomic mass is 35.5. The summed E-state index contributed by atoms with van der Waals surface area (Å²) in [6.45, 7) is 6.49. The molecule has 0 aromatic carbocycles. The van der Waals surface area contributed by atoms with Crippen LogP contribution in [0, 0.1) is 0 Å². The Balaban J connectivity index is 2.30. The monoisotopic (exact) mass is 232 g/mol. The molecule has 0 N–H and O–H groups in total. The minimum atomic E-state index is -0.367. The van der Waals surface area contributed by atoms with Gasteiger partial charge < -0.3 is 4.74 Å². The van der Waals surface area contributed by atoms with E-state index in [2.05, 4.69) is 13.8 Å². The van der Waals surface area contributed by atoms with Crippen molar-refractivity contribution < 1.29 is 4.74 Å². The summed E-state index contributed by atoms with van der Waals surface area (Å²) in [5.41, 5.74) is 0.0128. The molecule has 0 radical (unpaired) electrons. The van der Waals surface area contributed by atoms with E-state index in [0.717, 1.165) is 12.8 Å². The minimum Gasteiger partial charge on any atom is -0.346 e. The summed E-state index contributed by atoms with van der Waals surface area (Å²) in [5, 5.41) is -0.367. The van der Waals surface area contributed by atoms with Crippen LogP contribution in [-0.2, 0) is 4.74 Å². The zero-order valence-electron chi connectivity index (χ0n) is 10.4. The maximum atomic E-state index is 6.30. The van der Waals surface area contributed by atoms with Gasteiger partial charge in [-0.3, -0.25) is 0 Å². The Labute approximate surface area is 99.5 Å². The lowest BCUT2D eigenvalue weighted by atomic mass is 9.92. The molecule has 0 amide bonds. The van der Waals surface area contributed by atoms with Gasteiger partial charge in [0, 0.05) is 0 Å². The Morgan fingerprint density at radius 3 is 1.60 bits per heavy atom. The lowest BCUT2D eigenvalue weighted by Gasteiger charge is -2.13. The molecule has 0 spiro atoms. The third kappa shape index (κ3) is 3.35. The van der Waals surface area contributed by atoms with Gasteiger partial charge in [-0.2, -0.15) is 0 Å². The first kappa shape index (κ1) is 13.3. The van der Waals surface area contributed by atoms with Crippen molar-refractivity contribution in [3.8, 4) is 0 Å². The standard InChI is InChI=1S/C13H25ClO/c1-4-6-8-10-13(11-9-7-5-2)12(3,14)15-13/h4-11H2,1-3H3. The molecular formula is C13H25ClO. The largest absolute Gasteiger partial charge is 0.346 e. The highest BCUT2D eigenvalue weighted by molar-refractivity contribution is 6.25. The summed E-state index contributed by atoms with van der Waals surface area (Å²) in [6.07, 6.45) is 9.93. The zero-order valence-corrected chi connectivity index (χ0v) is 11.2. The smallest absolute Gasteiger partial charge is 0.168 e. The van der Waals surface area contributed by atoms with Crippen LogP contribution in [0.1, 0.15) is 72.1 Å². The molecule has 1 unspecified atom stereocenters. The molecule has 0 aromatic heterocycles. The Kier molecular flexibility index (Phi) is 4.92. The van der Waals surface area contributed by atoms with Crippen LogP contribution in [0.15, 0.2) is 0 Å². The molecule has 1 atom stereocenters. The molecule has 2 heteroatoms. The first-order valence-electron chi connectivity index (χ1n) is 6.47. The van der Waals surface area contributed by atoms with E-state index in [9.17, 15) is 0 Å². The fourth-order valence-corrected chi connectivity index (χ4v) is 2.67. The average molecular weight is 233 g/mol. The fourth-order valence-electron chi connectivity index (χ4n) is 2.34. The maximum Gasteiger partial charge on any atom is 0.168 e. The summed E-state index contributed by atoms with van der Waals surface area (Å²) in [7, 11) is 0. The van der Waals surface area contributed by atoms with E-state index in [1.165, 1.54) is 38.5 Å². The number of hydrogen-bond acceptors (Lipinski definition) is 1. The van der Waals surface area contributed by atoms with Gasteiger partial charge in [0.2, 0.25) is 0 Å². The van der Waals surface area contributed by atoms with Crippen LogP contribution in [0.3, 0.4) is 0 Å². The van der Waals surface area contributed by atoms with Gasteiger partial charge in [0.1, 0.15) is 5.60 Å². The van der Waals surface area contributed by atoms with Crippen LogP contribution in [0.25, 0.3) is 0 Å². The number of halogens is 1. The second-order valence-corrected chi connectivity index (χ2v) is 5.65. The lowest BCUT2D eigenvalue weighted by molar-refractivity contribution is 0.254. The number of hydrogen-bond donors (Lipinski definition) is 0. The van der Waals surface area contributed by atoms with E-state index in [4.69, 9.17) is 16.3 Å². The molecule has 1 nitrogen and oxygen atoms in total. The quantitative estimate of drug-likeness (QED) is 0.330. The van der Waals surface area contributed by atoms with Crippen LogP contribution in [0.4, 0.5) is 0 Å². The average Bonchev–Trinajstić information content (AvgIpc) is 2.70. The van der Waals surface area contributed by atoms with E-state index in [0.29, 0.717) is 0 Å². The normalized spacial score (nSPS) is 28.0. The summed E-state index contributed by atoms with van der Waals surface area (Å²) in [6, 6.07) is 0. The van der Waals surface area contributed by atoms with Crippen molar-refractivity contribution in [2.75, 3.05) is 0 Å². The predicted molar refractivity (Wildman–Crippen MR) is 66.4 cm³/mol. The summed E-state index contributed by atoms with van der Waals surface area (Å²) >= 11 is 6.30. The maximum absolute atomic E-state index is 6.30. The molecule has 1 fully saturated rings. The second kappa shape index (κ2) is 5.54. The Morgan fingerprint density at radius 1 is 0.933 bits per heavy atom. The molecule has 0 aromatic rings. The van der Waals surface area contributed by atoms with Gasteiger partial charge in [0.05, 0.1) is 0 Å².